The van der Waals surface area contributed by atoms with Crippen LogP contribution in [0, 0.1) is 0 Å². The van der Waals surface area contributed by atoms with Crippen molar-refractivity contribution in [2.75, 3.05) is 54.1 Å². The van der Waals surface area contributed by atoms with Crippen molar-refractivity contribution in [2.24, 2.45) is 0 Å². The molecule has 6 heteroatoms. The van der Waals surface area contributed by atoms with Gasteiger partial charge in [0, 0.05) is 33.9 Å². The molecule has 0 aromatic rings. The summed E-state index contributed by atoms with van der Waals surface area (Å²) in [5, 5.41) is 12.1. The first-order valence-corrected chi connectivity index (χ1v) is 7.12. The molecule has 20 heavy (non-hydrogen) atoms. The number of ether oxygens (including phenoxy) is 2. The van der Waals surface area contributed by atoms with Crippen LogP contribution in [0.1, 0.15) is 26.2 Å². The first kappa shape index (κ1) is 19.3. The number of likely N-dealkylation sites (N-methyl/N-ethyl adjacent to an activating group) is 1. The summed E-state index contributed by atoms with van der Waals surface area (Å²) < 4.78 is 10.2. The van der Waals surface area contributed by atoms with Crippen LogP contribution in [0.4, 0.5) is 0 Å². The molecular formula is C14H30N2O4. The third-order valence-electron chi connectivity index (χ3n) is 3.61. The van der Waals surface area contributed by atoms with E-state index >= 15 is 0 Å². The zero-order valence-electron chi connectivity index (χ0n) is 13.3. The minimum Gasteiger partial charge on any atom is -0.480 e. The number of nitrogens with zero attached hydrogens (tertiary/aromatic N) is 1. The molecule has 2 N–H and O–H groups in total. The van der Waals surface area contributed by atoms with Crippen molar-refractivity contribution in [3.05, 3.63) is 0 Å². The maximum atomic E-state index is 11.2. The fourth-order valence-electron chi connectivity index (χ4n) is 1.98. The maximum Gasteiger partial charge on any atom is 0.323 e. The molecule has 0 rings (SSSR count). The number of aliphatic carboxylic acids is 1. The summed E-state index contributed by atoms with van der Waals surface area (Å²) in [7, 11) is 5.08. The van der Waals surface area contributed by atoms with Gasteiger partial charge in [-0.1, -0.05) is 0 Å². The van der Waals surface area contributed by atoms with Crippen LogP contribution < -0.4 is 5.32 Å². The van der Waals surface area contributed by atoms with E-state index in [2.05, 4.69) is 10.2 Å². The zero-order valence-corrected chi connectivity index (χ0v) is 13.3. The molecule has 0 radical (unpaired) electrons. The Morgan fingerprint density at radius 1 is 1.15 bits per heavy atom. The van der Waals surface area contributed by atoms with Gasteiger partial charge in [0.25, 0.3) is 0 Å². The third-order valence-corrected chi connectivity index (χ3v) is 3.61. The largest absolute Gasteiger partial charge is 0.480 e. The van der Waals surface area contributed by atoms with Crippen molar-refractivity contribution < 1.29 is 19.4 Å². The van der Waals surface area contributed by atoms with Crippen LogP contribution in [-0.2, 0) is 14.3 Å². The molecule has 0 saturated heterocycles. The molecule has 0 aliphatic carbocycles. The van der Waals surface area contributed by atoms with Crippen molar-refractivity contribution in [1.29, 1.82) is 0 Å². The van der Waals surface area contributed by atoms with Gasteiger partial charge in [0.2, 0.25) is 0 Å². The van der Waals surface area contributed by atoms with E-state index in [1.807, 2.05) is 0 Å². The number of hydrogen-bond donors (Lipinski definition) is 2. The molecule has 0 saturated carbocycles. The predicted octanol–water partition coefficient (Wildman–Crippen LogP) is 0.814. The van der Waals surface area contributed by atoms with Crippen LogP contribution in [0.25, 0.3) is 0 Å². The van der Waals surface area contributed by atoms with Gasteiger partial charge in [-0.05, 0) is 39.8 Å². The third kappa shape index (κ3) is 7.79. The fraction of sp³-hybridized carbons (Fsp3) is 0.929. The van der Waals surface area contributed by atoms with Crippen LogP contribution in [-0.4, -0.2) is 75.6 Å². The highest BCUT2D eigenvalue weighted by Crippen LogP contribution is 2.12. The van der Waals surface area contributed by atoms with Crippen LogP contribution >= 0.6 is 0 Å². The van der Waals surface area contributed by atoms with Gasteiger partial charge in [-0.2, -0.15) is 0 Å². The molecule has 6 nitrogen and oxygen atoms in total. The Balaban J connectivity index is 4.13. The Bertz CT molecular complexity index is 264. The maximum absolute atomic E-state index is 11.2. The summed E-state index contributed by atoms with van der Waals surface area (Å²) in [6.45, 7) is 5.84. The second kappa shape index (κ2) is 11.0. The first-order chi connectivity index (χ1) is 9.50. The zero-order chi connectivity index (χ0) is 15.4. The van der Waals surface area contributed by atoms with Gasteiger partial charge in [-0.15, -0.1) is 0 Å². The Morgan fingerprint density at radius 3 is 2.25 bits per heavy atom. The summed E-state index contributed by atoms with van der Waals surface area (Å²) in [5.41, 5.74) is -0.848. The van der Waals surface area contributed by atoms with Gasteiger partial charge in [-0.3, -0.25) is 4.79 Å². The summed E-state index contributed by atoms with van der Waals surface area (Å²) in [6.07, 6.45) is 2.41. The highest BCUT2D eigenvalue weighted by Gasteiger charge is 2.30. The van der Waals surface area contributed by atoms with Crippen molar-refractivity contribution in [1.82, 2.24) is 10.2 Å². The van der Waals surface area contributed by atoms with E-state index in [-0.39, 0.29) is 0 Å². The van der Waals surface area contributed by atoms with Gasteiger partial charge >= 0.3 is 5.97 Å². The minimum atomic E-state index is -0.848. The van der Waals surface area contributed by atoms with Crippen molar-refractivity contribution in [3.8, 4) is 0 Å². The molecular weight excluding hydrogens is 260 g/mol. The molecule has 1 atom stereocenters. The SMILES string of the molecule is CNC(C)(CCCN(CCCOC)CCOC)C(=O)O. The lowest BCUT2D eigenvalue weighted by molar-refractivity contribution is -0.144. The van der Waals surface area contributed by atoms with Crippen LogP contribution in [0.2, 0.25) is 0 Å². The first-order valence-electron chi connectivity index (χ1n) is 7.12. The molecule has 0 aromatic heterocycles. The molecule has 0 fully saturated rings. The molecule has 0 aromatic carbocycles. The molecule has 0 heterocycles. The smallest absolute Gasteiger partial charge is 0.323 e. The number of carboxylic acid groups (broad SMARTS) is 1. The van der Waals surface area contributed by atoms with E-state index < -0.39 is 11.5 Å². The van der Waals surface area contributed by atoms with Gasteiger partial charge in [0.1, 0.15) is 5.54 Å². The minimum absolute atomic E-state index is 0.604. The lowest BCUT2D eigenvalue weighted by Gasteiger charge is -2.27. The molecule has 0 amide bonds. The van der Waals surface area contributed by atoms with E-state index in [9.17, 15) is 9.90 Å². The van der Waals surface area contributed by atoms with E-state index in [0.717, 1.165) is 39.1 Å². The number of methoxy groups -OCH3 is 2. The lowest BCUT2D eigenvalue weighted by atomic mass is 9.96. The van der Waals surface area contributed by atoms with E-state index in [0.29, 0.717) is 13.0 Å². The number of rotatable bonds is 13. The molecule has 0 aliphatic heterocycles. The fourth-order valence-corrected chi connectivity index (χ4v) is 1.98. The highest BCUT2D eigenvalue weighted by molar-refractivity contribution is 5.78. The summed E-state index contributed by atoms with van der Waals surface area (Å²) in [5.74, 6) is -0.803. The summed E-state index contributed by atoms with van der Waals surface area (Å²) in [6, 6.07) is 0. The molecule has 0 bridgehead atoms. The Labute approximate surface area is 122 Å². The Kier molecular flexibility index (Phi) is 10.6. The average molecular weight is 290 g/mol. The van der Waals surface area contributed by atoms with Crippen LogP contribution in [0.3, 0.4) is 0 Å². The van der Waals surface area contributed by atoms with E-state index in [4.69, 9.17) is 9.47 Å². The number of nitrogens with one attached hydrogen (secondary N) is 1. The highest BCUT2D eigenvalue weighted by atomic mass is 16.5. The predicted molar refractivity (Wildman–Crippen MR) is 79.1 cm³/mol. The quantitative estimate of drug-likeness (QED) is 0.489. The van der Waals surface area contributed by atoms with Gasteiger partial charge < -0.3 is 24.8 Å². The lowest BCUT2D eigenvalue weighted by Crippen LogP contribution is -2.48. The molecule has 120 valence electrons. The van der Waals surface area contributed by atoms with E-state index in [1.54, 1.807) is 28.2 Å². The number of carboxylic acids is 1. The second-order valence-corrected chi connectivity index (χ2v) is 5.17. The topological polar surface area (TPSA) is 71.0 Å². The van der Waals surface area contributed by atoms with Crippen LogP contribution in [0.15, 0.2) is 0 Å². The Morgan fingerprint density at radius 2 is 1.75 bits per heavy atom. The van der Waals surface area contributed by atoms with Crippen molar-refractivity contribution in [3.63, 3.8) is 0 Å². The summed E-state index contributed by atoms with van der Waals surface area (Å²) in [4.78, 5) is 13.5. The van der Waals surface area contributed by atoms with Gasteiger partial charge in [0.05, 0.1) is 6.61 Å². The van der Waals surface area contributed by atoms with Crippen molar-refractivity contribution >= 4 is 5.97 Å². The normalized spacial score (nSPS) is 14.4. The molecule has 0 aliphatic rings. The molecule has 0 spiro atoms. The number of hydrogen-bond acceptors (Lipinski definition) is 5. The monoisotopic (exact) mass is 290 g/mol. The Hall–Kier alpha value is -0.690. The number of carbonyl (C=O) groups is 1. The van der Waals surface area contributed by atoms with E-state index in [1.165, 1.54) is 0 Å². The van der Waals surface area contributed by atoms with Gasteiger partial charge in [-0.25, -0.2) is 0 Å². The van der Waals surface area contributed by atoms with Gasteiger partial charge in [0.15, 0.2) is 0 Å². The second-order valence-electron chi connectivity index (χ2n) is 5.17. The average Bonchev–Trinajstić information content (AvgIpc) is 2.43. The molecule has 1 unspecified atom stereocenters. The van der Waals surface area contributed by atoms with Crippen molar-refractivity contribution in [2.45, 2.75) is 31.7 Å². The standard InChI is InChI=1S/C14H30N2O4/c1-14(15-2,13(17)18)7-5-8-16(10-12-20-4)9-6-11-19-3/h15H,5-12H2,1-4H3,(H,17,18). The summed E-state index contributed by atoms with van der Waals surface area (Å²) >= 11 is 0. The van der Waals surface area contributed by atoms with Crippen LogP contribution in [0.5, 0.6) is 0 Å².